The van der Waals surface area contributed by atoms with Gasteiger partial charge in [0.25, 0.3) is 0 Å². The summed E-state index contributed by atoms with van der Waals surface area (Å²) >= 11 is 1.11. The van der Waals surface area contributed by atoms with Gasteiger partial charge >= 0.3 is 6.18 Å². The number of alkyl halides is 3. The van der Waals surface area contributed by atoms with Crippen LogP contribution in [0.3, 0.4) is 0 Å². The third kappa shape index (κ3) is 7.77. The normalized spacial score (nSPS) is 13.0. The maximum absolute atomic E-state index is 12.7. The van der Waals surface area contributed by atoms with E-state index in [0.717, 1.165) is 30.3 Å². The maximum Gasteiger partial charge on any atom is 0.416 e. The first-order chi connectivity index (χ1) is 10.3. The second kappa shape index (κ2) is 7.16. The second-order valence-electron chi connectivity index (χ2n) is 7.48. The van der Waals surface area contributed by atoms with Crippen LogP contribution in [0.2, 0.25) is 0 Å². The highest BCUT2D eigenvalue weighted by Gasteiger charge is 2.30. The quantitative estimate of drug-likeness (QED) is 0.748. The number of rotatable bonds is 5. The van der Waals surface area contributed by atoms with Crippen LogP contribution in [-0.4, -0.2) is 17.2 Å². The van der Waals surface area contributed by atoms with Crippen LogP contribution in [-0.2, 0) is 11.0 Å². The zero-order chi connectivity index (χ0) is 17.9. The van der Waals surface area contributed by atoms with E-state index in [-0.39, 0.29) is 22.6 Å². The van der Waals surface area contributed by atoms with E-state index in [0.29, 0.717) is 4.90 Å². The van der Waals surface area contributed by atoms with E-state index in [1.165, 1.54) is 6.07 Å². The molecule has 0 bridgehead atoms. The van der Waals surface area contributed by atoms with Crippen LogP contribution >= 0.6 is 11.8 Å². The molecule has 0 saturated carbocycles. The van der Waals surface area contributed by atoms with Crippen LogP contribution in [0.5, 0.6) is 0 Å². The minimum Gasteiger partial charge on any atom is -0.350 e. The van der Waals surface area contributed by atoms with Gasteiger partial charge in [-0.15, -0.1) is 11.8 Å². The molecular formula is C17H24F3NOS. The summed E-state index contributed by atoms with van der Waals surface area (Å²) in [5.74, 6) is -0.0869. The van der Waals surface area contributed by atoms with Gasteiger partial charge < -0.3 is 5.32 Å². The monoisotopic (exact) mass is 347 g/mol. The number of hydrogen-bond donors (Lipinski definition) is 1. The van der Waals surface area contributed by atoms with Crippen molar-refractivity contribution in [3.8, 4) is 0 Å². The number of hydrogen-bond acceptors (Lipinski definition) is 2. The summed E-state index contributed by atoms with van der Waals surface area (Å²) < 4.78 is 38.0. The first kappa shape index (κ1) is 19.9. The molecule has 1 rings (SSSR count). The Labute approximate surface area is 140 Å². The lowest BCUT2D eigenvalue weighted by molar-refractivity contribution is -0.137. The largest absolute Gasteiger partial charge is 0.416 e. The third-order valence-corrected chi connectivity index (χ3v) is 3.98. The fourth-order valence-corrected chi connectivity index (χ4v) is 3.45. The van der Waals surface area contributed by atoms with Gasteiger partial charge in [0, 0.05) is 10.4 Å². The standard InChI is InChI=1S/C17H24F3NOS/c1-15(2,3)11-16(4,5)21-14(22)10-23-13-8-6-7-12(9-13)17(18,19)20/h6-9H,10-11H2,1-5H3,(H,21,22). The van der Waals surface area contributed by atoms with E-state index in [4.69, 9.17) is 0 Å². The second-order valence-corrected chi connectivity index (χ2v) is 8.53. The first-order valence-electron chi connectivity index (χ1n) is 7.40. The van der Waals surface area contributed by atoms with E-state index >= 15 is 0 Å². The Morgan fingerprint density at radius 1 is 1.13 bits per heavy atom. The minimum absolute atomic E-state index is 0.0744. The molecule has 0 aliphatic carbocycles. The van der Waals surface area contributed by atoms with Gasteiger partial charge in [0.1, 0.15) is 0 Å². The first-order valence-corrected chi connectivity index (χ1v) is 8.38. The Bertz CT molecular complexity index is 548. The molecule has 0 atom stereocenters. The van der Waals surface area contributed by atoms with Gasteiger partial charge in [-0.25, -0.2) is 0 Å². The topological polar surface area (TPSA) is 29.1 Å². The average Bonchev–Trinajstić information content (AvgIpc) is 2.32. The van der Waals surface area contributed by atoms with Gasteiger partial charge in [-0.1, -0.05) is 26.8 Å². The Balaban J connectivity index is 2.60. The number of thioether (sulfide) groups is 1. The Morgan fingerprint density at radius 3 is 2.26 bits per heavy atom. The van der Waals surface area contributed by atoms with Crippen molar-refractivity contribution < 1.29 is 18.0 Å². The number of nitrogens with one attached hydrogen (secondary N) is 1. The van der Waals surface area contributed by atoms with E-state index in [2.05, 4.69) is 26.1 Å². The number of carbonyl (C=O) groups is 1. The highest BCUT2D eigenvalue weighted by molar-refractivity contribution is 8.00. The smallest absolute Gasteiger partial charge is 0.350 e. The molecule has 0 saturated heterocycles. The molecule has 0 aliphatic heterocycles. The van der Waals surface area contributed by atoms with Crippen molar-refractivity contribution in [3.63, 3.8) is 0 Å². The lowest BCUT2D eigenvalue weighted by Gasteiger charge is -2.33. The number of benzene rings is 1. The molecule has 130 valence electrons. The highest BCUT2D eigenvalue weighted by atomic mass is 32.2. The SMILES string of the molecule is CC(C)(C)CC(C)(C)NC(=O)CSc1cccc(C(F)(F)F)c1. The number of carbonyl (C=O) groups excluding carboxylic acids is 1. The fraction of sp³-hybridized carbons (Fsp3) is 0.588. The summed E-state index contributed by atoms with van der Waals surface area (Å²) in [5.41, 5.74) is -0.981. The van der Waals surface area contributed by atoms with Crippen molar-refractivity contribution in [2.24, 2.45) is 5.41 Å². The van der Waals surface area contributed by atoms with Gasteiger partial charge in [0.2, 0.25) is 5.91 Å². The molecule has 6 heteroatoms. The molecule has 23 heavy (non-hydrogen) atoms. The van der Waals surface area contributed by atoms with E-state index in [9.17, 15) is 18.0 Å². The molecule has 0 unspecified atom stereocenters. The van der Waals surface area contributed by atoms with Crippen LogP contribution < -0.4 is 5.32 Å². The van der Waals surface area contributed by atoms with Crippen LogP contribution in [0.25, 0.3) is 0 Å². The third-order valence-electron chi connectivity index (χ3n) is 2.98. The highest BCUT2D eigenvalue weighted by Crippen LogP contribution is 2.32. The molecule has 0 aromatic heterocycles. The zero-order valence-corrected chi connectivity index (χ0v) is 15.0. The summed E-state index contributed by atoms with van der Waals surface area (Å²) in [6, 6.07) is 5.02. The molecular weight excluding hydrogens is 323 g/mol. The molecule has 1 N–H and O–H groups in total. The lowest BCUT2D eigenvalue weighted by atomic mass is 9.82. The van der Waals surface area contributed by atoms with Crippen LogP contribution in [0.4, 0.5) is 13.2 Å². The van der Waals surface area contributed by atoms with Crippen molar-refractivity contribution in [2.45, 2.75) is 57.7 Å². The van der Waals surface area contributed by atoms with Crippen LogP contribution in [0.1, 0.15) is 46.6 Å². The van der Waals surface area contributed by atoms with Gasteiger partial charge in [0.15, 0.2) is 0 Å². The average molecular weight is 347 g/mol. The lowest BCUT2D eigenvalue weighted by Crippen LogP contribution is -2.46. The molecule has 0 fully saturated rings. The van der Waals surface area contributed by atoms with Gasteiger partial charge in [-0.2, -0.15) is 13.2 Å². The Hall–Kier alpha value is -1.17. The molecule has 0 heterocycles. The Morgan fingerprint density at radius 2 is 1.74 bits per heavy atom. The molecule has 1 aromatic rings. The Kier molecular flexibility index (Phi) is 6.18. The number of amides is 1. The maximum atomic E-state index is 12.7. The van der Waals surface area contributed by atoms with Gasteiger partial charge in [-0.3, -0.25) is 4.79 Å². The molecule has 2 nitrogen and oxygen atoms in total. The summed E-state index contributed by atoms with van der Waals surface area (Å²) in [4.78, 5) is 12.5. The van der Waals surface area contributed by atoms with Crippen molar-refractivity contribution in [3.05, 3.63) is 29.8 Å². The molecule has 0 radical (unpaired) electrons. The van der Waals surface area contributed by atoms with Crippen molar-refractivity contribution in [2.75, 3.05) is 5.75 Å². The molecule has 0 spiro atoms. The molecule has 1 aromatic carbocycles. The fourth-order valence-electron chi connectivity index (χ4n) is 2.69. The predicted molar refractivity (Wildman–Crippen MR) is 88.5 cm³/mol. The number of halogens is 3. The van der Waals surface area contributed by atoms with Gasteiger partial charge in [0.05, 0.1) is 11.3 Å². The molecule has 1 amide bonds. The van der Waals surface area contributed by atoms with Crippen molar-refractivity contribution in [1.82, 2.24) is 5.32 Å². The van der Waals surface area contributed by atoms with E-state index in [1.807, 2.05) is 13.8 Å². The van der Waals surface area contributed by atoms with Crippen LogP contribution in [0.15, 0.2) is 29.2 Å². The van der Waals surface area contributed by atoms with Gasteiger partial charge in [-0.05, 0) is 43.9 Å². The molecule has 0 aliphatic rings. The summed E-state index contributed by atoms with van der Waals surface area (Å²) in [5, 5.41) is 2.95. The predicted octanol–water partition coefficient (Wildman–Crippen LogP) is 5.13. The zero-order valence-electron chi connectivity index (χ0n) is 14.2. The summed E-state index contributed by atoms with van der Waals surface area (Å²) in [6.07, 6.45) is -3.56. The summed E-state index contributed by atoms with van der Waals surface area (Å²) in [6.45, 7) is 10.2. The van der Waals surface area contributed by atoms with E-state index in [1.54, 1.807) is 6.07 Å². The van der Waals surface area contributed by atoms with Crippen LogP contribution in [0, 0.1) is 5.41 Å². The van der Waals surface area contributed by atoms with Crippen molar-refractivity contribution in [1.29, 1.82) is 0 Å². The summed E-state index contributed by atoms with van der Waals surface area (Å²) in [7, 11) is 0. The van der Waals surface area contributed by atoms with E-state index < -0.39 is 11.7 Å². The van der Waals surface area contributed by atoms with Crippen molar-refractivity contribution >= 4 is 17.7 Å². The minimum atomic E-state index is -4.37.